The van der Waals surface area contributed by atoms with E-state index in [2.05, 4.69) is 15.5 Å². The molecule has 2 fully saturated rings. The average molecular weight is 312 g/mol. The zero-order chi connectivity index (χ0) is 15.8. The molecule has 0 bridgehead atoms. The molecule has 2 aliphatic rings. The van der Waals surface area contributed by atoms with Crippen molar-refractivity contribution in [2.75, 3.05) is 11.9 Å². The number of rotatable bonds is 3. The number of urea groups is 1. The minimum atomic E-state index is -0.111. The van der Waals surface area contributed by atoms with Crippen LogP contribution >= 0.6 is 0 Å². The Balaban J connectivity index is 1.47. The van der Waals surface area contributed by atoms with Crippen molar-refractivity contribution in [1.82, 2.24) is 15.0 Å². The summed E-state index contributed by atoms with van der Waals surface area (Å²) in [5.41, 5.74) is 1.97. The lowest BCUT2D eigenvalue weighted by Gasteiger charge is -2.22. The molecule has 4 rings (SSSR count). The van der Waals surface area contributed by atoms with Crippen LogP contribution in [0.1, 0.15) is 54.9 Å². The number of nitrogens with one attached hydrogen (secondary N) is 1. The highest BCUT2D eigenvalue weighted by Gasteiger charge is 2.36. The minimum Gasteiger partial charge on any atom is -0.337 e. The molecule has 1 aromatic heterocycles. The van der Waals surface area contributed by atoms with Crippen LogP contribution < -0.4 is 5.32 Å². The van der Waals surface area contributed by atoms with Crippen molar-refractivity contribution < 1.29 is 9.32 Å². The number of likely N-dealkylation sites (tertiary alicyclic amines) is 1. The van der Waals surface area contributed by atoms with Crippen molar-refractivity contribution in [3.8, 4) is 0 Å². The molecule has 0 spiro atoms. The van der Waals surface area contributed by atoms with E-state index in [9.17, 15) is 4.79 Å². The standard InChI is InChI=1S/C17H20N4O2/c1-11-4-8-13(9-5-11)18-17(22)21-10-2-3-14(21)16-19-15(20-23-16)12-6-7-12/h4-5,8-9,12,14H,2-3,6-7,10H2,1H3,(H,18,22). The Kier molecular flexibility index (Phi) is 3.52. The molecule has 1 aliphatic heterocycles. The third-order valence-electron chi connectivity index (χ3n) is 4.50. The summed E-state index contributed by atoms with van der Waals surface area (Å²) in [6.07, 6.45) is 4.10. The normalized spacial score (nSPS) is 20.7. The summed E-state index contributed by atoms with van der Waals surface area (Å²) in [7, 11) is 0. The molecule has 1 saturated carbocycles. The van der Waals surface area contributed by atoms with E-state index in [1.807, 2.05) is 31.2 Å². The zero-order valence-corrected chi connectivity index (χ0v) is 13.2. The van der Waals surface area contributed by atoms with Gasteiger partial charge in [-0.1, -0.05) is 22.9 Å². The molecule has 23 heavy (non-hydrogen) atoms. The summed E-state index contributed by atoms with van der Waals surface area (Å²) in [5, 5.41) is 7.02. The Morgan fingerprint density at radius 2 is 2.04 bits per heavy atom. The second-order valence-electron chi connectivity index (χ2n) is 6.41. The monoisotopic (exact) mass is 312 g/mol. The maximum Gasteiger partial charge on any atom is 0.322 e. The summed E-state index contributed by atoms with van der Waals surface area (Å²) >= 11 is 0. The molecule has 120 valence electrons. The lowest BCUT2D eigenvalue weighted by atomic mass is 10.2. The summed E-state index contributed by atoms with van der Waals surface area (Å²) in [4.78, 5) is 18.9. The second kappa shape index (κ2) is 5.68. The largest absolute Gasteiger partial charge is 0.337 e. The summed E-state index contributed by atoms with van der Waals surface area (Å²) < 4.78 is 5.41. The molecule has 1 aliphatic carbocycles. The van der Waals surface area contributed by atoms with E-state index in [0.29, 0.717) is 18.4 Å². The van der Waals surface area contributed by atoms with Gasteiger partial charge in [-0.25, -0.2) is 4.79 Å². The molecule has 1 unspecified atom stereocenters. The maximum absolute atomic E-state index is 12.6. The molecular weight excluding hydrogens is 292 g/mol. The Morgan fingerprint density at radius 1 is 1.26 bits per heavy atom. The van der Waals surface area contributed by atoms with Crippen molar-refractivity contribution in [3.05, 3.63) is 41.5 Å². The molecule has 2 amide bonds. The first-order chi connectivity index (χ1) is 11.2. The summed E-state index contributed by atoms with van der Waals surface area (Å²) in [5.74, 6) is 1.83. The van der Waals surface area contributed by atoms with Gasteiger partial charge in [-0.3, -0.25) is 0 Å². The van der Waals surface area contributed by atoms with Gasteiger partial charge in [0.1, 0.15) is 6.04 Å². The van der Waals surface area contributed by atoms with Crippen molar-refractivity contribution in [1.29, 1.82) is 0 Å². The summed E-state index contributed by atoms with van der Waals surface area (Å²) in [6.45, 7) is 2.73. The first kappa shape index (κ1) is 14.2. The topological polar surface area (TPSA) is 71.3 Å². The molecule has 2 aromatic rings. The van der Waals surface area contributed by atoms with Gasteiger partial charge < -0.3 is 14.7 Å². The summed E-state index contributed by atoms with van der Waals surface area (Å²) in [6, 6.07) is 7.57. The molecule has 1 saturated heterocycles. The number of carbonyl (C=O) groups is 1. The van der Waals surface area contributed by atoms with E-state index in [-0.39, 0.29) is 12.1 Å². The van der Waals surface area contributed by atoms with Crippen molar-refractivity contribution >= 4 is 11.7 Å². The zero-order valence-electron chi connectivity index (χ0n) is 13.2. The predicted molar refractivity (Wildman–Crippen MR) is 85.2 cm³/mol. The fraction of sp³-hybridized carbons (Fsp3) is 0.471. The Labute approximate surface area is 134 Å². The lowest BCUT2D eigenvalue weighted by molar-refractivity contribution is 0.193. The number of aromatic nitrogens is 2. The van der Waals surface area contributed by atoms with Crippen LogP contribution in [-0.2, 0) is 0 Å². The second-order valence-corrected chi connectivity index (χ2v) is 6.41. The number of aryl methyl sites for hydroxylation is 1. The Morgan fingerprint density at radius 3 is 2.78 bits per heavy atom. The average Bonchev–Trinajstić information content (AvgIpc) is 3.10. The van der Waals surface area contributed by atoms with E-state index < -0.39 is 0 Å². The number of hydrogen-bond acceptors (Lipinski definition) is 4. The predicted octanol–water partition coefficient (Wildman–Crippen LogP) is 3.62. The highest BCUT2D eigenvalue weighted by atomic mass is 16.5. The Bertz CT molecular complexity index is 706. The fourth-order valence-electron chi connectivity index (χ4n) is 2.99. The van der Waals surface area contributed by atoms with E-state index in [1.54, 1.807) is 4.90 Å². The fourth-order valence-corrected chi connectivity index (χ4v) is 2.99. The molecule has 1 N–H and O–H groups in total. The van der Waals surface area contributed by atoms with E-state index in [4.69, 9.17) is 4.52 Å². The van der Waals surface area contributed by atoms with Crippen molar-refractivity contribution in [2.45, 2.75) is 44.6 Å². The van der Waals surface area contributed by atoms with Crippen LogP contribution in [0.5, 0.6) is 0 Å². The first-order valence-electron chi connectivity index (χ1n) is 8.18. The van der Waals surface area contributed by atoms with Crippen LogP contribution in [-0.4, -0.2) is 27.6 Å². The van der Waals surface area contributed by atoms with Gasteiger partial charge in [-0.05, 0) is 44.7 Å². The molecule has 2 heterocycles. The molecule has 6 heteroatoms. The highest BCUT2D eigenvalue weighted by molar-refractivity contribution is 5.89. The van der Waals surface area contributed by atoms with Crippen molar-refractivity contribution in [2.24, 2.45) is 0 Å². The van der Waals surface area contributed by atoms with Crippen LogP contribution in [0.3, 0.4) is 0 Å². The van der Waals surface area contributed by atoms with E-state index in [0.717, 1.165) is 37.2 Å². The van der Waals surface area contributed by atoms with Gasteiger partial charge >= 0.3 is 6.03 Å². The smallest absolute Gasteiger partial charge is 0.322 e. The quantitative estimate of drug-likeness (QED) is 0.939. The van der Waals surface area contributed by atoms with Gasteiger partial charge in [0, 0.05) is 18.2 Å². The van der Waals surface area contributed by atoms with Gasteiger partial charge in [0.05, 0.1) is 0 Å². The van der Waals surface area contributed by atoms with E-state index in [1.165, 1.54) is 5.56 Å². The number of anilines is 1. The highest BCUT2D eigenvalue weighted by Crippen LogP contribution is 2.39. The number of amides is 2. The molecule has 1 atom stereocenters. The molecule has 0 radical (unpaired) electrons. The van der Waals surface area contributed by atoms with Crippen LogP contribution in [0.2, 0.25) is 0 Å². The SMILES string of the molecule is Cc1ccc(NC(=O)N2CCCC2c2nc(C3CC3)no2)cc1. The molecular formula is C17H20N4O2. The first-order valence-corrected chi connectivity index (χ1v) is 8.18. The van der Waals surface area contributed by atoms with Gasteiger partial charge in [0.15, 0.2) is 5.82 Å². The van der Waals surface area contributed by atoms with Gasteiger partial charge in [-0.15, -0.1) is 0 Å². The number of hydrogen-bond donors (Lipinski definition) is 1. The third kappa shape index (κ3) is 2.93. The molecule has 6 nitrogen and oxygen atoms in total. The van der Waals surface area contributed by atoms with Crippen LogP contribution in [0.4, 0.5) is 10.5 Å². The number of nitrogens with zero attached hydrogens (tertiary/aromatic N) is 3. The van der Waals surface area contributed by atoms with Crippen molar-refractivity contribution in [3.63, 3.8) is 0 Å². The van der Waals surface area contributed by atoms with Crippen LogP contribution in [0.25, 0.3) is 0 Å². The number of benzene rings is 1. The number of carbonyl (C=O) groups excluding carboxylic acids is 1. The van der Waals surface area contributed by atoms with Gasteiger partial charge in [0.2, 0.25) is 5.89 Å². The van der Waals surface area contributed by atoms with E-state index >= 15 is 0 Å². The maximum atomic E-state index is 12.6. The molecule has 1 aromatic carbocycles. The Hall–Kier alpha value is -2.37. The third-order valence-corrected chi connectivity index (χ3v) is 4.50. The van der Waals surface area contributed by atoms with Gasteiger partial charge in [0.25, 0.3) is 0 Å². The lowest BCUT2D eigenvalue weighted by Crippen LogP contribution is -2.34. The van der Waals surface area contributed by atoms with Gasteiger partial charge in [-0.2, -0.15) is 4.98 Å². The van der Waals surface area contributed by atoms with Crippen LogP contribution in [0, 0.1) is 6.92 Å². The minimum absolute atomic E-state index is 0.109. The van der Waals surface area contributed by atoms with Crippen LogP contribution in [0.15, 0.2) is 28.8 Å².